The zero-order valence-corrected chi connectivity index (χ0v) is 13.7. The van der Waals surface area contributed by atoms with Crippen LogP contribution < -0.4 is 21.1 Å². The molecule has 0 unspecified atom stereocenters. The predicted octanol–water partition coefficient (Wildman–Crippen LogP) is 1.65. The molecule has 0 aliphatic carbocycles. The lowest BCUT2D eigenvalue weighted by Crippen LogP contribution is -2.37. The molecule has 0 radical (unpaired) electrons. The smallest absolute Gasteiger partial charge is 0.312 e. The Labute approximate surface area is 144 Å². The van der Waals surface area contributed by atoms with Crippen LogP contribution in [-0.2, 0) is 11.3 Å². The number of primary amides is 1. The number of nitrogens with zero attached hydrogens (tertiary/aromatic N) is 1. The number of nitrogens with one attached hydrogen (secondary N) is 2. The van der Waals surface area contributed by atoms with E-state index in [0.29, 0.717) is 11.4 Å². The summed E-state index contributed by atoms with van der Waals surface area (Å²) in [6.07, 6.45) is 1.42. The summed E-state index contributed by atoms with van der Waals surface area (Å²) in [4.78, 5) is 27.4. The van der Waals surface area contributed by atoms with Crippen molar-refractivity contribution in [3.05, 3.63) is 59.5 Å². The van der Waals surface area contributed by atoms with Crippen LogP contribution in [0.15, 0.2) is 42.6 Å². The number of carbonyl (C=O) groups excluding carboxylic acids is 2. The maximum atomic E-state index is 13.9. The molecule has 4 N–H and O–H groups in total. The van der Waals surface area contributed by atoms with E-state index in [4.69, 9.17) is 10.5 Å². The van der Waals surface area contributed by atoms with Crippen molar-refractivity contribution in [1.82, 2.24) is 15.6 Å². The number of rotatable bonds is 7. The topological polar surface area (TPSA) is 106 Å². The van der Waals surface area contributed by atoms with Gasteiger partial charge >= 0.3 is 6.03 Å². The van der Waals surface area contributed by atoms with Crippen LogP contribution in [0.4, 0.5) is 9.18 Å². The molecule has 1 heterocycles. The zero-order chi connectivity index (χ0) is 18.2. The molecule has 1 aromatic heterocycles. The monoisotopic (exact) mass is 346 g/mol. The number of hydrogen-bond acceptors (Lipinski definition) is 4. The number of hydrogen-bond donors (Lipinski definition) is 3. The summed E-state index contributed by atoms with van der Waals surface area (Å²) in [6.45, 7) is 0.191. The third-order valence-corrected chi connectivity index (χ3v) is 3.51. The average molecular weight is 346 g/mol. The number of urea groups is 1. The summed E-state index contributed by atoms with van der Waals surface area (Å²) in [7, 11) is 1.48. The van der Waals surface area contributed by atoms with Gasteiger partial charge in [-0.15, -0.1) is 0 Å². The Balaban J connectivity index is 2.04. The number of aromatic nitrogens is 1. The molecule has 2 aromatic rings. The minimum Gasteiger partial charge on any atom is -0.481 e. The average Bonchev–Trinajstić information content (AvgIpc) is 2.59. The fourth-order valence-corrected chi connectivity index (χ4v) is 2.36. The molecule has 0 aliphatic heterocycles. The van der Waals surface area contributed by atoms with Crippen LogP contribution >= 0.6 is 0 Å². The van der Waals surface area contributed by atoms with Crippen LogP contribution in [0.25, 0.3) is 0 Å². The molecule has 0 saturated carbocycles. The first-order valence-corrected chi connectivity index (χ1v) is 7.56. The first-order chi connectivity index (χ1) is 12.0. The van der Waals surface area contributed by atoms with Crippen molar-refractivity contribution in [3.63, 3.8) is 0 Å². The van der Waals surface area contributed by atoms with Crippen LogP contribution in [0.2, 0.25) is 0 Å². The Morgan fingerprint density at radius 2 is 2.04 bits per heavy atom. The quantitative estimate of drug-likeness (QED) is 0.708. The van der Waals surface area contributed by atoms with E-state index in [0.717, 1.165) is 0 Å². The number of nitrogens with two attached hydrogens (primary N) is 1. The molecule has 2 rings (SSSR count). The number of pyridine rings is 1. The maximum absolute atomic E-state index is 13.9. The molecule has 25 heavy (non-hydrogen) atoms. The number of amides is 3. The van der Waals surface area contributed by atoms with Gasteiger partial charge in [-0.3, -0.25) is 4.79 Å². The second-order valence-electron chi connectivity index (χ2n) is 5.24. The normalized spacial score (nSPS) is 11.4. The van der Waals surface area contributed by atoms with Crippen molar-refractivity contribution >= 4 is 11.9 Å². The van der Waals surface area contributed by atoms with E-state index in [1.54, 1.807) is 24.4 Å². The van der Waals surface area contributed by atoms with E-state index in [2.05, 4.69) is 15.6 Å². The fourth-order valence-electron chi connectivity index (χ4n) is 2.36. The van der Waals surface area contributed by atoms with Crippen LogP contribution in [0.3, 0.4) is 0 Å². The summed E-state index contributed by atoms with van der Waals surface area (Å²) in [5.41, 5.74) is 6.02. The van der Waals surface area contributed by atoms with Gasteiger partial charge in [-0.2, -0.15) is 0 Å². The SMILES string of the molecule is COc1ncccc1CNC(=O)C[C@H](NC(N)=O)c1ccccc1F. The molecule has 132 valence electrons. The molecule has 0 saturated heterocycles. The predicted molar refractivity (Wildman–Crippen MR) is 89.1 cm³/mol. The lowest BCUT2D eigenvalue weighted by atomic mass is 10.0. The van der Waals surface area contributed by atoms with E-state index in [1.807, 2.05) is 0 Å². The van der Waals surface area contributed by atoms with Gasteiger partial charge in [0.1, 0.15) is 5.82 Å². The number of benzene rings is 1. The van der Waals surface area contributed by atoms with Gasteiger partial charge in [0.25, 0.3) is 0 Å². The first kappa shape index (κ1) is 18.2. The molecule has 0 aliphatic rings. The number of methoxy groups -OCH3 is 1. The van der Waals surface area contributed by atoms with Crippen molar-refractivity contribution in [1.29, 1.82) is 0 Å². The zero-order valence-electron chi connectivity index (χ0n) is 13.7. The van der Waals surface area contributed by atoms with Crippen molar-refractivity contribution in [2.24, 2.45) is 5.73 Å². The highest BCUT2D eigenvalue weighted by Gasteiger charge is 2.20. The Morgan fingerprint density at radius 1 is 1.28 bits per heavy atom. The van der Waals surface area contributed by atoms with Gasteiger partial charge in [-0.1, -0.05) is 24.3 Å². The molecule has 0 spiro atoms. The van der Waals surface area contributed by atoms with Gasteiger partial charge < -0.3 is 21.1 Å². The van der Waals surface area contributed by atoms with Crippen LogP contribution in [0.5, 0.6) is 5.88 Å². The Morgan fingerprint density at radius 3 is 2.72 bits per heavy atom. The van der Waals surface area contributed by atoms with Gasteiger partial charge in [0.2, 0.25) is 11.8 Å². The molecule has 7 nitrogen and oxygen atoms in total. The van der Waals surface area contributed by atoms with E-state index < -0.39 is 17.9 Å². The highest BCUT2D eigenvalue weighted by Crippen LogP contribution is 2.20. The largest absolute Gasteiger partial charge is 0.481 e. The minimum absolute atomic E-state index is 0.160. The molecule has 0 fully saturated rings. The third kappa shape index (κ3) is 5.17. The molecule has 1 aromatic carbocycles. The fraction of sp³-hybridized carbons (Fsp3) is 0.235. The summed E-state index contributed by atoms with van der Waals surface area (Å²) >= 11 is 0. The number of ether oxygens (including phenoxy) is 1. The van der Waals surface area contributed by atoms with E-state index in [-0.39, 0.29) is 24.4 Å². The molecule has 0 bridgehead atoms. The van der Waals surface area contributed by atoms with Crippen LogP contribution in [0.1, 0.15) is 23.6 Å². The molecular weight excluding hydrogens is 327 g/mol. The van der Waals surface area contributed by atoms with Gasteiger partial charge in [-0.05, 0) is 12.1 Å². The van der Waals surface area contributed by atoms with Gasteiger partial charge in [0.15, 0.2) is 0 Å². The molecule has 3 amide bonds. The summed E-state index contributed by atoms with van der Waals surface area (Å²) in [5.74, 6) is -0.500. The molecular formula is C17H19FN4O3. The molecule has 1 atom stereocenters. The van der Waals surface area contributed by atoms with Gasteiger partial charge in [0, 0.05) is 23.9 Å². The Kier molecular flexibility index (Phi) is 6.27. The second-order valence-corrected chi connectivity index (χ2v) is 5.24. The van der Waals surface area contributed by atoms with Crippen molar-refractivity contribution in [2.75, 3.05) is 7.11 Å². The summed E-state index contributed by atoms with van der Waals surface area (Å²) < 4.78 is 19.1. The lowest BCUT2D eigenvalue weighted by Gasteiger charge is -2.18. The third-order valence-electron chi connectivity index (χ3n) is 3.51. The van der Waals surface area contributed by atoms with Gasteiger partial charge in [0.05, 0.1) is 19.6 Å². The van der Waals surface area contributed by atoms with E-state index in [1.165, 1.54) is 25.3 Å². The standard InChI is InChI=1S/C17H19FN4O3/c1-25-16-11(5-4-8-20-16)10-21-15(23)9-14(22-17(19)24)12-6-2-3-7-13(12)18/h2-8,14H,9-10H2,1H3,(H,21,23)(H3,19,22,24)/t14-/m0/s1. The van der Waals surface area contributed by atoms with Crippen LogP contribution in [-0.4, -0.2) is 24.0 Å². The Hall–Kier alpha value is -3.16. The lowest BCUT2D eigenvalue weighted by molar-refractivity contribution is -0.121. The van der Waals surface area contributed by atoms with E-state index >= 15 is 0 Å². The molecule has 8 heteroatoms. The van der Waals surface area contributed by atoms with Crippen LogP contribution in [0, 0.1) is 5.82 Å². The second kappa shape index (κ2) is 8.62. The number of carbonyl (C=O) groups is 2. The highest BCUT2D eigenvalue weighted by atomic mass is 19.1. The highest BCUT2D eigenvalue weighted by molar-refractivity contribution is 5.78. The van der Waals surface area contributed by atoms with Crippen molar-refractivity contribution in [3.8, 4) is 5.88 Å². The van der Waals surface area contributed by atoms with Gasteiger partial charge in [-0.25, -0.2) is 14.2 Å². The van der Waals surface area contributed by atoms with Crippen molar-refractivity contribution in [2.45, 2.75) is 19.0 Å². The first-order valence-electron chi connectivity index (χ1n) is 7.56. The summed E-state index contributed by atoms with van der Waals surface area (Å²) in [6, 6.07) is 7.67. The van der Waals surface area contributed by atoms with E-state index in [9.17, 15) is 14.0 Å². The summed E-state index contributed by atoms with van der Waals surface area (Å²) in [5, 5.41) is 5.08. The maximum Gasteiger partial charge on any atom is 0.312 e. The number of halogens is 1. The van der Waals surface area contributed by atoms with Crippen molar-refractivity contribution < 1.29 is 18.7 Å². The minimum atomic E-state index is -0.866. The Bertz CT molecular complexity index is 754.